The maximum Gasteiger partial charge on any atom is 0.193 e. The lowest BCUT2D eigenvalue weighted by atomic mass is 9.77. The number of aromatic amines is 1. The van der Waals surface area contributed by atoms with Crippen molar-refractivity contribution in [2.75, 3.05) is 0 Å². The van der Waals surface area contributed by atoms with Crippen molar-refractivity contribution >= 4 is 16.7 Å². The molecule has 164 valence electrons. The molecule has 32 heavy (non-hydrogen) atoms. The Morgan fingerprint density at radius 2 is 1.97 bits per heavy atom. The third kappa shape index (κ3) is 3.74. The van der Waals surface area contributed by atoms with Crippen LogP contribution in [0.25, 0.3) is 10.9 Å². The van der Waals surface area contributed by atoms with Gasteiger partial charge in [-0.15, -0.1) is 0 Å². The van der Waals surface area contributed by atoms with Gasteiger partial charge in [0.1, 0.15) is 11.5 Å². The van der Waals surface area contributed by atoms with Crippen LogP contribution in [0.3, 0.4) is 0 Å². The van der Waals surface area contributed by atoms with E-state index < -0.39 is 5.66 Å². The average molecular weight is 432 g/mol. The fourth-order valence-electron chi connectivity index (χ4n) is 4.88. The molecule has 2 aromatic heterocycles. The molecule has 2 aromatic carbocycles. The van der Waals surface area contributed by atoms with Crippen molar-refractivity contribution in [3.63, 3.8) is 0 Å². The summed E-state index contributed by atoms with van der Waals surface area (Å²) in [5.74, 6) is -0.179. The molecule has 0 saturated carbocycles. The van der Waals surface area contributed by atoms with Crippen molar-refractivity contribution in [3.8, 4) is 0 Å². The van der Waals surface area contributed by atoms with E-state index in [1.807, 2.05) is 36.3 Å². The van der Waals surface area contributed by atoms with Crippen LogP contribution in [0.5, 0.6) is 0 Å². The largest absolute Gasteiger partial charge is 0.356 e. The molecule has 1 aliphatic rings. The number of H-pyrrole nitrogens is 1. The SMILES string of the molecule is Cn1cc(CCC2Cc3c([nH]c4ccc(C(=O)c5ccc(F)cc5)cc34)C(N)(N)C2)cn1. The van der Waals surface area contributed by atoms with Crippen molar-refractivity contribution < 1.29 is 9.18 Å². The minimum atomic E-state index is -0.951. The van der Waals surface area contributed by atoms with Crippen LogP contribution in [0.4, 0.5) is 4.39 Å². The Bertz CT molecular complexity index is 1300. The van der Waals surface area contributed by atoms with E-state index in [9.17, 15) is 9.18 Å². The maximum atomic E-state index is 13.2. The number of benzene rings is 2. The summed E-state index contributed by atoms with van der Waals surface area (Å²) < 4.78 is 15.1. The van der Waals surface area contributed by atoms with Crippen LogP contribution in [-0.2, 0) is 25.6 Å². The van der Waals surface area contributed by atoms with Crippen molar-refractivity contribution in [2.45, 2.75) is 31.3 Å². The number of nitrogens with zero attached hydrogens (tertiary/aromatic N) is 2. The van der Waals surface area contributed by atoms with Crippen LogP contribution >= 0.6 is 0 Å². The number of fused-ring (bicyclic) bond motifs is 3. The van der Waals surface area contributed by atoms with Gasteiger partial charge in [-0.05, 0) is 85.2 Å². The molecule has 1 aliphatic carbocycles. The lowest BCUT2D eigenvalue weighted by molar-refractivity contribution is 0.103. The number of carbonyl (C=O) groups excluding carboxylic acids is 1. The normalized spacial score (nSPS) is 17.4. The van der Waals surface area contributed by atoms with Crippen LogP contribution in [0.15, 0.2) is 54.9 Å². The topological polar surface area (TPSA) is 103 Å². The van der Waals surface area contributed by atoms with Gasteiger partial charge in [-0.25, -0.2) is 4.39 Å². The molecule has 0 amide bonds. The summed E-state index contributed by atoms with van der Waals surface area (Å²) in [6, 6.07) is 11.2. The fraction of sp³-hybridized carbons (Fsp3) is 0.280. The molecule has 0 spiro atoms. The Hall–Kier alpha value is -3.29. The number of rotatable bonds is 5. The highest BCUT2D eigenvalue weighted by Crippen LogP contribution is 2.39. The van der Waals surface area contributed by atoms with Crippen molar-refractivity contribution in [1.29, 1.82) is 0 Å². The first-order valence-electron chi connectivity index (χ1n) is 10.8. The molecule has 0 aliphatic heterocycles. The van der Waals surface area contributed by atoms with E-state index in [0.29, 0.717) is 23.5 Å². The number of carbonyl (C=O) groups is 1. The Kier molecular flexibility index (Phi) is 4.95. The number of nitrogens with one attached hydrogen (secondary N) is 1. The molecule has 5 rings (SSSR count). The zero-order valence-corrected chi connectivity index (χ0v) is 17.9. The second kappa shape index (κ2) is 7.69. The molecule has 4 aromatic rings. The van der Waals surface area contributed by atoms with E-state index >= 15 is 0 Å². The van der Waals surface area contributed by atoms with Crippen LogP contribution in [0.2, 0.25) is 0 Å². The molecule has 0 fully saturated rings. The van der Waals surface area contributed by atoms with E-state index in [2.05, 4.69) is 10.1 Å². The van der Waals surface area contributed by atoms with E-state index in [1.165, 1.54) is 29.8 Å². The van der Waals surface area contributed by atoms with Gasteiger partial charge >= 0.3 is 0 Å². The standard InChI is InChI=1S/C25H26FN5O/c1-31-14-16(13-29-31)3-2-15-10-21-20-11-18(23(32)17-4-7-19(26)8-5-17)6-9-22(20)30-24(21)25(27,28)12-15/h4-9,11,13-15,30H,2-3,10,12,27-28H2,1H3. The van der Waals surface area contributed by atoms with Crippen LogP contribution < -0.4 is 11.5 Å². The zero-order chi connectivity index (χ0) is 22.5. The minimum absolute atomic E-state index is 0.141. The van der Waals surface area contributed by atoms with E-state index in [-0.39, 0.29) is 11.6 Å². The van der Waals surface area contributed by atoms with Gasteiger partial charge in [0.15, 0.2) is 5.78 Å². The van der Waals surface area contributed by atoms with E-state index in [0.717, 1.165) is 41.4 Å². The first-order chi connectivity index (χ1) is 15.3. The third-order valence-corrected chi connectivity index (χ3v) is 6.46. The quantitative estimate of drug-likeness (QED) is 0.332. The number of aromatic nitrogens is 3. The highest BCUT2D eigenvalue weighted by molar-refractivity contribution is 6.10. The second-order valence-corrected chi connectivity index (χ2v) is 8.95. The first kappa shape index (κ1) is 20.6. The molecule has 6 nitrogen and oxygen atoms in total. The smallest absolute Gasteiger partial charge is 0.193 e. The first-order valence-corrected chi connectivity index (χ1v) is 10.8. The summed E-state index contributed by atoms with van der Waals surface area (Å²) >= 11 is 0. The van der Waals surface area contributed by atoms with Gasteiger partial charge in [0.05, 0.1) is 11.9 Å². The molecular weight excluding hydrogens is 405 g/mol. The lowest BCUT2D eigenvalue weighted by Gasteiger charge is -2.35. The number of hydrogen-bond donors (Lipinski definition) is 3. The lowest BCUT2D eigenvalue weighted by Crippen LogP contribution is -2.50. The summed E-state index contributed by atoms with van der Waals surface area (Å²) in [7, 11) is 1.91. The number of ketones is 1. The summed E-state index contributed by atoms with van der Waals surface area (Å²) in [4.78, 5) is 16.3. The number of halogens is 1. The average Bonchev–Trinajstić information content (AvgIpc) is 3.35. The molecule has 0 bridgehead atoms. The van der Waals surface area contributed by atoms with Crippen molar-refractivity contribution in [1.82, 2.24) is 14.8 Å². The number of aryl methyl sites for hydroxylation is 2. The maximum absolute atomic E-state index is 13.2. The highest BCUT2D eigenvalue weighted by Gasteiger charge is 2.36. The van der Waals surface area contributed by atoms with Gasteiger partial charge in [0.25, 0.3) is 0 Å². The predicted molar refractivity (Wildman–Crippen MR) is 122 cm³/mol. The van der Waals surface area contributed by atoms with Crippen LogP contribution in [0.1, 0.15) is 45.6 Å². The predicted octanol–water partition coefficient (Wildman–Crippen LogP) is 3.54. The van der Waals surface area contributed by atoms with Gasteiger partial charge in [0.2, 0.25) is 0 Å². The summed E-state index contributed by atoms with van der Waals surface area (Å²) in [5.41, 5.74) is 17.2. The Morgan fingerprint density at radius 1 is 1.22 bits per heavy atom. The van der Waals surface area contributed by atoms with Crippen LogP contribution in [-0.4, -0.2) is 20.5 Å². The van der Waals surface area contributed by atoms with Gasteiger partial charge in [-0.3, -0.25) is 9.48 Å². The fourth-order valence-corrected chi connectivity index (χ4v) is 4.88. The van der Waals surface area contributed by atoms with Gasteiger partial charge < -0.3 is 16.5 Å². The molecule has 2 heterocycles. The zero-order valence-electron chi connectivity index (χ0n) is 17.9. The van der Waals surface area contributed by atoms with Gasteiger partial charge in [-0.1, -0.05) is 0 Å². The molecule has 0 radical (unpaired) electrons. The molecular formula is C25H26FN5O. The van der Waals surface area contributed by atoms with Crippen molar-refractivity contribution in [2.24, 2.45) is 24.4 Å². The number of nitrogens with two attached hydrogens (primary N) is 2. The Labute approximate surface area is 185 Å². The monoisotopic (exact) mass is 431 g/mol. The number of hydrogen-bond acceptors (Lipinski definition) is 4. The molecule has 1 atom stereocenters. The highest BCUT2D eigenvalue weighted by atomic mass is 19.1. The van der Waals surface area contributed by atoms with Gasteiger partial charge in [-0.2, -0.15) is 5.10 Å². The summed E-state index contributed by atoms with van der Waals surface area (Å²) in [6.45, 7) is 0. The molecule has 0 saturated heterocycles. The molecule has 1 unspecified atom stereocenters. The second-order valence-electron chi connectivity index (χ2n) is 8.95. The van der Waals surface area contributed by atoms with E-state index in [1.54, 1.807) is 6.07 Å². The third-order valence-electron chi connectivity index (χ3n) is 6.46. The molecule has 5 N–H and O–H groups in total. The summed E-state index contributed by atoms with van der Waals surface area (Å²) in [5, 5.41) is 5.21. The molecule has 7 heteroatoms. The minimum Gasteiger partial charge on any atom is -0.356 e. The summed E-state index contributed by atoms with van der Waals surface area (Å²) in [6.07, 6.45) is 7.34. The van der Waals surface area contributed by atoms with Crippen LogP contribution in [0, 0.1) is 11.7 Å². The Morgan fingerprint density at radius 3 is 2.69 bits per heavy atom. The van der Waals surface area contributed by atoms with E-state index in [4.69, 9.17) is 11.5 Å². The Balaban J connectivity index is 1.46. The van der Waals surface area contributed by atoms with Gasteiger partial charge in [0, 0.05) is 35.3 Å². The van der Waals surface area contributed by atoms with Crippen molar-refractivity contribution in [3.05, 3.63) is 88.6 Å².